The van der Waals surface area contributed by atoms with Crippen molar-refractivity contribution in [3.8, 4) is 11.5 Å². The van der Waals surface area contributed by atoms with Crippen molar-refractivity contribution in [3.63, 3.8) is 0 Å². The van der Waals surface area contributed by atoms with Crippen molar-refractivity contribution < 1.29 is 22.4 Å². The van der Waals surface area contributed by atoms with Crippen LogP contribution in [0.25, 0.3) is 0 Å². The van der Waals surface area contributed by atoms with Gasteiger partial charge in [0.1, 0.15) is 16.4 Å². The molecular weight excluding hydrogens is 375 g/mol. The molecule has 0 unspecified atom stereocenters. The van der Waals surface area contributed by atoms with Crippen LogP contribution in [-0.4, -0.2) is 55.7 Å². The van der Waals surface area contributed by atoms with E-state index >= 15 is 0 Å². The number of benzene rings is 1. The van der Waals surface area contributed by atoms with Gasteiger partial charge >= 0.3 is 29.6 Å². The molecule has 2 aliphatic carbocycles. The van der Waals surface area contributed by atoms with Gasteiger partial charge in [-0.25, -0.2) is 0 Å². The predicted octanol–water partition coefficient (Wildman–Crippen LogP) is 4.20. The van der Waals surface area contributed by atoms with Crippen LogP contribution in [0.3, 0.4) is 0 Å². The fourth-order valence-corrected chi connectivity index (χ4v) is 4.65. The summed E-state index contributed by atoms with van der Waals surface area (Å²) in [6, 6.07) is 4.58. The van der Waals surface area contributed by atoms with Crippen LogP contribution in [-0.2, 0) is 10.1 Å². The molecule has 2 saturated carbocycles. The van der Waals surface area contributed by atoms with E-state index in [-0.39, 0.29) is 40.2 Å². The third-order valence-corrected chi connectivity index (χ3v) is 6.50. The van der Waals surface area contributed by atoms with Crippen LogP contribution in [0.15, 0.2) is 23.1 Å². The maximum absolute atomic E-state index is 11.7. The van der Waals surface area contributed by atoms with Crippen LogP contribution >= 0.6 is 0 Å². The van der Waals surface area contributed by atoms with Gasteiger partial charge in [-0.15, -0.1) is 0 Å². The molecule has 0 aliphatic heterocycles. The van der Waals surface area contributed by atoms with Crippen LogP contribution in [0.4, 0.5) is 0 Å². The molecule has 1 aromatic rings. The third kappa shape index (κ3) is 7.24. The van der Waals surface area contributed by atoms with E-state index < -0.39 is 10.1 Å². The molecule has 0 spiro atoms. The van der Waals surface area contributed by atoms with Gasteiger partial charge in [0, 0.05) is 6.07 Å². The van der Waals surface area contributed by atoms with Gasteiger partial charge in [-0.3, -0.25) is 4.55 Å². The molecule has 0 amide bonds. The van der Waals surface area contributed by atoms with Crippen LogP contribution in [0, 0.1) is 11.8 Å². The molecule has 148 valence electrons. The molecule has 0 radical (unpaired) electrons. The Morgan fingerprint density at radius 3 is 1.89 bits per heavy atom. The second kappa shape index (κ2) is 11.1. The van der Waals surface area contributed by atoms with E-state index in [4.69, 9.17) is 9.47 Å². The summed E-state index contributed by atoms with van der Waals surface area (Å²) in [5.41, 5.74) is 0. The van der Waals surface area contributed by atoms with Crippen molar-refractivity contribution in [2.45, 2.75) is 69.1 Å². The number of hydrogen-bond donors (Lipinski definition) is 1. The summed E-state index contributed by atoms with van der Waals surface area (Å²) < 4.78 is 44.5. The summed E-state index contributed by atoms with van der Waals surface area (Å²) in [7, 11) is -4.32. The zero-order chi connectivity index (χ0) is 18.4. The van der Waals surface area contributed by atoms with Crippen molar-refractivity contribution in [1.82, 2.24) is 0 Å². The SMILES string of the molecule is O=S(=O)(O)c1ccc(OCC2CCCCC2)cc1OCC1CCCCC1.[NaH]. The van der Waals surface area contributed by atoms with Crippen LogP contribution in [0.1, 0.15) is 64.2 Å². The zero-order valence-electron chi connectivity index (χ0n) is 15.4. The molecule has 1 aromatic carbocycles. The van der Waals surface area contributed by atoms with Gasteiger partial charge in [-0.2, -0.15) is 8.42 Å². The molecule has 2 aliphatic rings. The molecule has 7 heteroatoms. The topological polar surface area (TPSA) is 72.8 Å². The number of hydrogen-bond acceptors (Lipinski definition) is 4. The monoisotopic (exact) mass is 406 g/mol. The van der Waals surface area contributed by atoms with E-state index in [2.05, 4.69) is 0 Å². The molecule has 0 atom stereocenters. The van der Waals surface area contributed by atoms with Gasteiger partial charge in [-0.1, -0.05) is 38.5 Å². The normalized spacial score (nSPS) is 19.3. The fraction of sp³-hybridized carbons (Fsp3) is 0.700. The Hall–Kier alpha value is -0.270. The zero-order valence-corrected chi connectivity index (χ0v) is 16.2. The summed E-state index contributed by atoms with van der Waals surface area (Å²) in [5, 5.41) is 0. The average Bonchev–Trinajstić information content (AvgIpc) is 2.65. The first-order valence-electron chi connectivity index (χ1n) is 9.89. The van der Waals surface area contributed by atoms with Gasteiger partial charge in [-0.05, 0) is 49.7 Å². The van der Waals surface area contributed by atoms with E-state index in [0.29, 0.717) is 30.8 Å². The predicted molar refractivity (Wildman–Crippen MR) is 108 cm³/mol. The maximum atomic E-state index is 11.7. The standard InChI is InChI=1S/C20H30O5S.Na.H/c21-26(22,23)20-12-11-18(24-14-16-7-3-1-4-8-16)13-19(20)25-15-17-9-5-2-6-10-17;;/h11-13,16-17H,1-10,14-15H2,(H,21,22,23);;. The van der Waals surface area contributed by atoms with Gasteiger partial charge in [0.25, 0.3) is 10.1 Å². The van der Waals surface area contributed by atoms with E-state index in [1.807, 2.05) is 0 Å². The fourth-order valence-electron chi connectivity index (χ4n) is 4.03. The van der Waals surface area contributed by atoms with E-state index in [0.717, 1.165) is 12.8 Å². The van der Waals surface area contributed by atoms with E-state index in [1.165, 1.54) is 57.4 Å². The van der Waals surface area contributed by atoms with Gasteiger partial charge < -0.3 is 9.47 Å². The van der Waals surface area contributed by atoms with Crippen molar-refractivity contribution in [1.29, 1.82) is 0 Å². The first-order chi connectivity index (χ1) is 12.5. The molecule has 27 heavy (non-hydrogen) atoms. The second-order valence-corrected chi connectivity index (χ2v) is 9.10. The van der Waals surface area contributed by atoms with Crippen molar-refractivity contribution in [3.05, 3.63) is 18.2 Å². The third-order valence-electron chi connectivity index (χ3n) is 5.60. The van der Waals surface area contributed by atoms with Gasteiger partial charge in [0.2, 0.25) is 0 Å². The molecule has 0 saturated heterocycles. The van der Waals surface area contributed by atoms with Crippen LogP contribution < -0.4 is 9.47 Å². The molecule has 0 bridgehead atoms. The van der Waals surface area contributed by atoms with E-state index in [9.17, 15) is 13.0 Å². The van der Waals surface area contributed by atoms with Crippen molar-refractivity contribution in [2.24, 2.45) is 11.8 Å². The molecule has 0 aromatic heterocycles. The molecule has 1 N–H and O–H groups in total. The molecule has 5 nitrogen and oxygen atoms in total. The minimum absolute atomic E-state index is 0. The average molecular weight is 407 g/mol. The summed E-state index contributed by atoms with van der Waals surface area (Å²) in [6.07, 6.45) is 12.1. The first-order valence-corrected chi connectivity index (χ1v) is 11.3. The summed E-state index contributed by atoms with van der Waals surface area (Å²) in [5.74, 6) is 1.81. The van der Waals surface area contributed by atoms with Crippen LogP contribution in [0.2, 0.25) is 0 Å². The Morgan fingerprint density at radius 1 is 0.852 bits per heavy atom. The minimum atomic E-state index is -4.32. The Balaban J connectivity index is 0.00000261. The summed E-state index contributed by atoms with van der Waals surface area (Å²) in [6.45, 7) is 1.13. The van der Waals surface area contributed by atoms with Gasteiger partial charge in [0.15, 0.2) is 0 Å². The Bertz CT molecular complexity index is 680. The van der Waals surface area contributed by atoms with E-state index in [1.54, 1.807) is 12.1 Å². The van der Waals surface area contributed by atoms with Gasteiger partial charge in [0.05, 0.1) is 13.2 Å². The Kier molecular flexibility index (Phi) is 9.42. The summed E-state index contributed by atoms with van der Waals surface area (Å²) in [4.78, 5) is -0.182. The number of rotatable bonds is 7. The Morgan fingerprint density at radius 2 is 1.37 bits per heavy atom. The molecule has 2 fully saturated rings. The molecular formula is C20H31NaO5S. The van der Waals surface area contributed by atoms with Crippen LogP contribution in [0.5, 0.6) is 11.5 Å². The molecule has 3 rings (SSSR count). The Labute approximate surface area is 185 Å². The van der Waals surface area contributed by atoms with Crippen molar-refractivity contribution >= 4 is 39.7 Å². The second-order valence-electron chi connectivity index (χ2n) is 7.71. The molecule has 0 heterocycles. The quantitative estimate of drug-likeness (QED) is 0.543. The first kappa shape index (κ1) is 23.0. The van der Waals surface area contributed by atoms with Crippen molar-refractivity contribution in [2.75, 3.05) is 13.2 Å². The number of ether oxygens (including phenoxy) is 2. The summed E-state index contributed by atoms with van der Waals surface area (Å²) >= 11 is 0.